The number of benzene rings is 3. The Kier molecular flexibility index (Phi) is 4.55. The first kappa shape index (κ1) is 18.8. The van der Waals surface area contributed by atoms with Gasteiger partial charge in [-0.25, -0.2) is 0 Å². The molecule has 0 unspecified atom stereocenters. The fourth-order valence-corrected chi connectivity index (χ4v) is 4.80. The molecule has 3 aromatic carbocycles. The molecule has 0 aliphatic carbocycles. The Balaban J connectivity index is 1.88. The average Bonchev–Trinajstić information content (AvgIpc) is 2.68. The van der Waals surface area contributed by atoms with Crippen molar-refractivity contribution in [3.63, 3.8) is 0 Å². The van der Waals surface area contributed by atoms with E-state index in [1.54, 1.807) is 24.3 Å². The number of halogens is 1. The third-order valence-electron chi connectivity index (χ3n) is 5.84. The molecule has 0 bridgehead atoms. The summed E-state index contributed by atoms with van der Waals surface area (Å²) >= 11 is 6.02. The highest BCUT2D eigenvalue weighted by Crippen LogP contribution is 2.50. The minimum Gasteiger partial charge on any atom is -0.302 e. The van der Waals surface area contributed by atoms with Gasteiger partial charge in [0.05, 0.1) is 0 Å². The summed E-state index contributed by atoms with van der Waals surface area (Å²) in [5.74, 6) is 0.00392. The van der Waals surface area contributed by atoms with E-state index in [2.05, 4.69) is 63.2 Å². The van der Waals surface area contributed by atoms with E-state index in [9.17, 15) is 4.79 Å². The quantitative estimate of drug-likeness (QED) is 0.491. The smallest absolute Gasteiger partial charge is 0.258 e. The molecule has 0 radical (unpaired) electrons. The van der Waals surface area contributed by atoms with Gasteiger partial charge in [0.2, 0.25) is 0 Å². The Morgan fingerprint density at radius 3 is 2.14 bits per heavy atom. The summed E-state index contributed by atoms with van der Waals surface area (Å²) in [6.45, 7) is 6.59. The normalized spacial score (nSPS) is 20.5. The van der Waals surface area contributed by atoms with Crippen molar-refractivity contribution in [1.29, 1.82) is 0 Å². The highest BCUT2D eigenvalue weighted by Gasteiger charge is 2.47. The van der Waals surface area contributed by atoms with Crippen LogP contribution < -0.4 is 4.90 Å². The van der Waals surface area contributed by atoms with Gasteiger partial charge in [-0.05, 0) is 61.7 Å². The predicted octanol–water partition coefficient (Wildman–Crippen LogP) is 6.48. The second-order valence-electron chi connectivity index (χ2n) is 8.35. The third kappa shape index (κ3) is 3.02. The van der Waals surface area contributed by atoms with Crippen LogP contribution >= 0.6 is 11.6 Å². The van der Waals surface area contributed by atoms with Crippen LogP contribution in [0.4, 0.5) is 5.69 Å². The zero-order chi connectivity index (χ0) is 19.9. The number of carbonyl (C=O) groups is 1. The van der Waals surface area contributed by atoms with Crippen LogP contribution in [0.15, 0.2) is 78.9 Å². The van der Waals surface area contributed by atoms with Crippen molar-refractivity contribution in [3.05, 3.63) is 101 Å². The number of rotatable bonds is 2. The molecule has 1 heterocycles. The van der Waals surface area contributed by atoms with Crippen molar-refractivity contribution >= 4 is 23.2 Å². The second kappa shape index (κ2) is 6.79. The first-order valence-corrected chi connectivity index (χ1v) is 9.96. The number of nitrogens with zero attached hydrogens (tertiary/aromatic N) is 1. The Hall–Kier alpha value is -2.58. The molecule has 0 saturated carbocycles. The van der Waals surface area contributed by atoms with Crippen LogP contribution in [0.25, 0.3) is 0 Å². The van der Waals surface area contributed by atoms with Crippen molar-refractivity contribution < 1.29 is 4.79 Å². The van der Waals surface area contributed by atoms with Crippen LogP contribution in [0.1, 0.15) is 48.7 Å². The number of fused-ring (bicyclic) bond motifs is 1. The lowest BCUT2D eigenvalue weighted by Crippen LogP contribution is -2.55. The molecule has 4 rings (SSSR count). The van der Waals surface area contributed by atoms with Crippen molar-refractivity contribution in [1.82, 2.24) is 0 Å². The predicted molar refractivity (Wildman–Crippen MR) is 116 cm³/mol. The highest BCUT2D eigenvalue weighted by atomic mass is 35.5. The van der Waals surface area contributed by atoms with Gasteiger partial charge in [-0.3, -0.25) is 4.79 Å². The van der Waals surface area contributed by atoms with Gasteiger partial charge in [-0.2, -0.15) is 0 Å². The SMILES string of the molecule is CC1(C)C[C@@](C)(c2ccccc2)c2ccccc2N1C(=O)c1ccc(Cl)cc1. The van der Waals surface area contributed by atoms with E-state index in [-0.39, 0.29) is 16.9 Å². The summed E-state index contributed by atoms with van der Waals surface area (Å²) < 4.78 is 0. The van der Waals surface area contributed by atoms with Crippen LogP contribution in [-0.2, 0) is 5.41 Å². The first-order chi connectivity index (χ1) is 13.3. The molecule has 2 nitrogen and oxygen atoms in total. The van der Waals surface area contributed by atoms with Gasteiger partial charge in [0.15, 0.2) is 0 Å². The second-order valence-corrected chi connectivity index (χ2v) is 8.79. The Labute approximate surface area is 171 Å². The molecule has 0 N–H and O–H groups in total. The number of hydrogen-bond acceptors (Lipinski definition) is 1. The van der Waals surface area contributed by atoms with Gasteiger partial charge in [0.25, 0.3) is 5.91 Å². The van der Waals surface area contributed by atoms with Gasteiger partial charge < -0.3 is 4.90 Å². The summed E-state index contributed by atoms with van der Waals surface area (Å²) in [5.41, 5.74) is 3.56. The molecule has 28 heavy (non-hydrogen) atoms. The molecule has 1 aliphatic heterocycles. The van der Waals surface area contributed by atoms with Crippen LogP contribution in [0.2, 0.25) is 5.02 Å². The summed E-state index contributed by atoms with van der Waals surface area (Å²) in [4.78, 5) is 15.5. The summed E-state index contributed by atoms with van der Waals surface area (Å²) in [5, 5.41) is 0.631. The van der Waals surface area contributed by atoms with Gasteiger partial charge >= 0.3 is 0 Å². The first-order valence-electron chi connectivity index (χ1n) is 9.58. The van der Waals surface area contributed by atoms with Crippen molar-refractivity contribution in [3.8, 4) is 0 Å². The van der Waals surface area contributed by atoms with Crippen LogP contribution in [0.5, 0.6) is 0 Å². The maximum absolute atomic E-state index is 13.5. The minimum atomic E-state index is -0.352. The Bertz CT molecular complexity index is 1010. The molecule has 0 fully saturated rings. The molecule has 0 saturated heterocycles. The van der Waals surface area contributed by atoms with Crippen molar-refractivity contribution in [2.24, 2.45) is 0 Å². The molecule has 0 spiro atoms. The maximum atomic E-state index is 13.5. The standard InChI is InChI=1S/C25H24ClNO/c1-24(2)17-25(3,19-9-5-4-6-10-19)21-11-7-8-12-22(21)27(24)23(28)18-13-15-20(26)16-14-18/h4-16H,17H2,1-3H3/t25-/m0/s1. The van der Waals surface area contributed by atoms with E-state index in [0.717, 1.165) is 12.1 Å². The minimum absolute atomic E-state index is 0.00392. The Morgan fingerprint density at radius 1 is 0.857 bits per heavy atom. The molecule has 1 atom stereocenters. The molecule has 142 valence electrons. The highest BCUT2D eigenvalue weighted by molar-refractivity contribution is 6.30. The van der Waals surface area contributed by atoms with E-state index in [1.165, 1.54) is 11.1 Å². The van der Waals surface area contributed by atoms with E-state index in [0.29, 0.717) is 10.6 Å². The summed E-state index contributed by atoms with van der Waals surface area (Å²) in [7, 11) is 0. The summed E-state index contributed by atoms with van der Waals surface area (Å²) in [6, 6.07) is 26.0. The lowest BCUT2D eigenvalue weighted by Gasteiger charge is -2.51. The van der Waals surface area contributed by atoms with E-state index in [1.807, 2.05) is 17.0 Å². The monoisotopic (exact) mass is 389 g/mol. The maximum Gasteiger partial charge on any atom is 0.258 e. The zero-order valence-corrected chi connectivity index (χ0v) is 17.2. The zero-order valence-electron chi connectivity index (χ0n) is 16.4. The summed E-state index contributed by atoms with van der Waals surface area (Å²) in [6.07, 6.45) is 0.834. The number of para-hydroxylation sites is 1. The van der Waals surface area contributed by atoms with Gasteiger partial charge in [-0.15, -0.1) is 0 Å². The fraction of sp³-hybridized carbons (Fsp3) is 0.240. The van der Waals surface area contributed by atoms with Gasteiger partial charge in [0, 0.05) is 27.2 Å². The number of amides is 1. The van der Waals surface area contributed by atoms with Crippen molar-refractivity contribution in [2.45, 2.75) is 38.1 Å². The van der Waals surface area contributed by atoms with Gasteiger partial charge in [0.1, 0.15) is 0 Å². The molecule has 3 aromatic rings. The molecule has 3 heteroatoms. The number of carbonyl (C=O) groups excluding carboxylic acids is 1. The largest absolute Gasteiger partial charge is 0.302 e. The number of anilines is 1. The molecular weight excluding hydrogens is 366 g/mol. The van der Waals surface area contributed by atoms with E-state index >= 15 is 0 Å². The topological polar surface area (TPSA) is 20.3 Å². The van der Waals surface area contributed by atoms with Crippen LogP contribution in [0, 0.1) is 0 Å². The van der Waals surface area contributed by atoms with Crippen LogP contribution in [0.3, 0.4) is 0 Å². The van der Waals surface area contributed by atoms with Gasteiger partial charge in [-0.1, -0.05) is 67.1 Å². The number of hydrogen-bond donors (Lipinski definition) is 0. The fourth-order valence-electron chi connectivity index (χ4n) is 4.67. The lowest BCUT2D eigenvalue weighted by molar-refractivity contribution is 0.0948. The molecule has 0 aromatic heterocycles. The average molecular weight is 390 g/mol. The van der Waals surface area contributed by atoms with E-state index < -0.39 is 0 Å². The molecular formula is C25H24ClNO. The molecule has 1 aliphatic rings. The van der Waals surface area contributed by atoms with E-state index in [4.69, 9.17) is 11.6 Å². The Morgan fingerprint density at radius 2 is 1.46 bits per heavy atom. The van der Waals surface area contributed by atoms with Crippen molar-refractivity contribution in [2.75, 3.05) is 4.90 Å². The van der Waals surface area contributed by atoms with Crippen LogP contribution in [-0.4, -0.2) is 11.4 Å². The lowest BCUT2D eigenvalue weighted by atomic mass is 9.65. The third-order valence-corrected chi connectivity index (χ3v) is 6.09. The molecule has 1 amide bonds.